The fourth-order valence-electron chi connectivity index (χ4n) is 5.63. The van der Waals surface area contributed by atoms with Crippen LogP contribution < -0.4 is 19.5 Å². The summed E-state index contributed by atoms with van der Waals surface area (Å²) >= 11 is 0. The highest BCUT2D eigenvalue weighted by Gasteiger charge is 2.31. The Morgan fingerprint density at radius 3 is 2.52 bits per heavy atom. The molecule has 0 fully saturated rings. The smallest absolute Gasteiger partial charge is 0.321 e. The van der Waals surface area contributed by atoms with Gasteiger partial charge in [0.2, 0.25) is 0 Å². The average molecular weight is 716 g/mol. The molecule has 1 aromatic heterocycles. The highest BCUT2D eigenvalue weighted by Crippen LogP contribution is 2.30. The molecule has 0 spiro atoms. The standard InChI is InChI=1S/C35H49N5O9S/c1-22-19-40(23(2)21-41)34(42)30-18-27(38-50(44,45)29-14-12-28(46-7)13-15-29)11-16-31(30)48-24(3)10-8-9-17-47-32(22)20-39(6)35(43)36-33-25(4)37-49-26(33)5/h11-16,18,22-24,32,38,41H,8-10,17,19-21H2,1-7H3,(H,36,43)/t22-,23+,24+,32-/m1/s1. The van der Waals surface area contributed by atoms with E-state index < -0.39 is 28.1 Å². The van der Waals surface area contributed by atoms with Crippen LogP contribution in [0.1, 0.15) is 61.8 Å². The first-order valence-electron chi connectivity index (χ1n) is 16.7. The summed E-state index contributed by atoms with van der Waals surface area (Å²) in [7, 11) is -0.849. The number of ether oxygens (including phenoxy) is 3. The molecule has 3 aromatic rings. The van der Waals surface area contributed by atoms with Crippen molar-refractivity contribution in [2.45, 2.75) is 77.0 Å². The van der Waals surface area contributed by atoms with Gasteiger partial charge in [-0.25, -0.2) is 13.2 Å². The second-order valence-electron chi connectivity index (χ2n) is 12.8. The first-order valence-corrected chi connectivity index (χ1v) is 18.2. The van der Waals surface area contributed by atoms with Gasteiger partial charge in [-0.2, -0.15) is 0 Å². The molecule has 1 aliphatic heterocycles. The molecule has 0 radical (unpaired) electrons. The summed E-state index contributed by atoms with van der Waals surface area (Å²) in [6, 6.07) is 9.58. The van der Waals surface area contributed by atoms with E-state index in [1.807, 2.05) is 13.8 Å². The molecule has 3 amide bonds. The number of sulfonamides is 1. The van der Waals surface area contributed by atoms with Crippen LogP contribution in [0, 0.1) is 19.8 Å². The number of methoxy groups -OCH3 is 1. The molecule has 0 saturated heterocycles. The molecule has 0 unspecified atom stereocenters. The molecule has 14 nitrogen and oxygen atoms in total. The lowest BCUT2D eigenvalue weighted by Crippen LogP contribution is -2.48. The Balaban J connectivity index is 1.63. The number of rotatable bonds is 9. The van der Waals surface area contributed by atoms with Crippen LogP contribution in [0.4, 0.5) is 16.2 Å². The van der Waals surface area contributed by atoms with Crippen molar-refractivity contribution in [1.82, 2.24) is 15.0 Å². The molecule has 50 heavy (non-hydrogen) atoms. The van der Waals surface area contributed by atoms with Crippen LogP contribution in [-0.2, 0) is 14.8 Å². The summed E-state index contributed by atoms with van der Waals surface area (Å²) in [6.07, 6.45) is 1.50. The Bertz CT molecular complexity index is 1690. The fourth-order valence-corrected chi connectivity index (χ4v) is 6.68. The fraction of sp³-hybridized carbons (Fsp3) is 0.514. The number of aliphatic hydroxyl groups excluding tert-OH is 1. The number of hydrogen-bond acceptors (Lipinski definition) is 10. The van der Waals surface area contributed by atoms with Crippen molar-refractivity contribution >= 4 is 33.3 Å². The summed E-state index contributed by atoms with van der Waals surface area (Å²) in [5, 5.41) is 17.0. The van der Waals surface area contributed by atoms with E-state index in [1.165, 1.54) is 35.1 Å². The van der Waals surface area contributed by atoms with Gasteiger partial charge >= 0.3 is 6.03 Å². The number of urea groups is 1. The number of carbonyl (C=O) groups excluding carboxylic acids is 2. The normalized spacial score (nSPS) is 19.8. The number of carbonyl (C=O) groups is 2. The van der Waals surface area contributed by atoms with Crippen molar-refractivity contribution < 1.29 is 41.8 Å². The summed E-state index contributed by atoms with van der Waals surface area (Å²) in [5.41, 5.74) is 1.39. The number of aliphatic hydroxyl groups is 1. The number of aryl methyl sites for hydroxylation is 2. The zero-order valence-electron chi connectivity index (χ0n) is 29.8. The van der Waals surface area contributed by atoms with E-state index in [9.17, 15) is 23.1 Å². The maximum Gasteiger partial charge on any atom is 0.321 e. The first-order chi connectivity index (χ1) is 23.7. The number of hydrogen-bond donors (Lipinski definition) is 3. The van der Waals surface area contributed by atoms with E-state index in [0.29, 0.717) is 41.7 Å². The Kier molecular flexibility index (Phi) is 13.1. The minimum absolute atomic E-state index is 0.0235. The highest BCUT2D eigenvalue weighted by molar-refractivity contribution is 7.92. The van der Waals surface area contributed by atoms with Gasteiger partial charge in [-0.05, 0) is 89.4 Å². The van der Waals surface area contributed by atoms with Crippen molar-refractivity contribution in [3.8, 4) is 11.5 Å². The van der Waals surface area contributed by atoms with Gasteiger partial charge in [-0.15, -0.1) is 0 Å². The summed E-state index contributed by atoms with van der Waals surface area (Å²) in [5.74, 6) is 0.572. The van der Waals surface area contributed by atoms with E-state index in [0.717, 1.165) is 12.8 Å². The van der Waals surface area contributed by atoms with Crippen LogP contribution in [-0.4, -0.2) is 99.1 Å². The number of fused-ring (bicyclic) bond motifs is 1. The maximum atomic E-state index is 14.4. The highest BCUT2D eigenvalue weighted by atomic mass is 32.2. The van der Waals surface area contributed by atoms with Gasteiger partial charge in [-0.3, -0.25) is 9.52 Å². The molecule has 3 N–H and O–H groups in total. The van der Waals surface area contributed by atoms with E-state index in [-0.39, 0.29) is 53.9 Å². The molecule has 0 bridgehead atoms. The number of likely N-dealkylation sites (N-methyl/N-ethyl adjacent to an activating group) is 1. The number of amides is 3. The minimum Gasteiger partial charge on any atom is -0.497 e. The average Bonchev–Trinajstić information content (AvgIpc) is 3.41. The zero-order chi connectivity index (χ0) is 36.6. The van der Waals surface area contributed by atoms with Crippen LogP contribution in [0.5, 0.6) is 11.5 Å². The summed E-state index contributed by atoms with van der Waals surface area (Å²) < 4.78 is 52.0. The first kappa shape index (κ1) is 38.5. The minimum atomic E-state index is -4.01. The second-order valence-corrected chi connectivity index (χ2v) is 14.5. The van der Waals surface area contributed by atoms with Gasteiger partial charge in [0.1, 0.15) is 22.9 Å². The van der Waals surface area contributed by atoms with Crippen LogP contribution in [0.15, 0.2) is 51.9 Å². The third-order valence-corrected chi connectivity index (χ3v) is 10.1. The molecule has 2 aromatic carbocycles. The number of nitrogens with zero attached hydrogens (tertiary/aromatic N) is 3. The molecular formula is C35H49N5O9S. The second kappa shape index (κ2) is 17.1. The van der Waals surface area contributed by atoms with Crippen molar-refractivity contribution in [3.05, 3.63) is 59.5 Å². The SMILES string of the molecule is COc1ccc(S(=O)(=O)Nc2ccc3c(c2)C(=O)N([C@@H](C)CO)C[C@@H](C)[C@@H](CN(C)C(=O)Nc2c(C)noc2C)OCCCC[C@H](C)O3)cc1. The van der Waals surface area contributed by atoms with Crippen LogP contribution in [0.25, 0.3) is 0 Å². The Labute approximate surface area is 294 Å². The molecule has 274 valence electrons. The molecule has 1 aliphatic rings. The molecule has 0 saturated carbocycles. The number of anilines is 2. The third-order valence-electron chi connectivity index (χ3n) is 8.74. The number of aromatic nitrogens is 1. The van der Waals surface area contributed by atoms with E-state index >= 15 is 0 Å². The molecule has 2 heterocycles. The van der Waals surface area contributed by atoms with Crippen molar-refractivity contribution in [2.75, 3.05) is 50.5 Å². The maximum absolute atomic E-state index is 14.4. The van der Waals surface area contributed by atoms with Crippen molar-refractivity contribution in [1.29, 1.82) is 0 Å². The number of nitrogens with one attached hydrogen (secondary N) is 2. The summed E-state index contributed by atoms with van der Waals surface area (Å²) in [6.45, 7) is 9.54. The van der Waals surface area contributed by atoms with E-state index in [4.69, 9.17) is 18.7 Å². The monoisotopic (exact) mass is 715 g/mol. The molecular weight excluding hydrogens is 666 g/mol. The molecule has 4 atom stereocenters. The van der Waals surface area contributed by atoms with Gasteiger partial charge in [0.05, 0.1) is 42.4 Å². The topological polar surface area (TPSA) is 173 Å². The van der Waals surface area contributed by atoms with Gasteiger partial charge in [0.25, 0.3) is 15.9 Å². The predicted molar refractivity (Wildman–Crippen MR) is 188 cm³/mol. The largest absolute Gasteiger partial charge is 0.497 e. The molecule has 0 aliphatic carbocycles. The van der Waals surface area contributed by atoms with Gasteiger partial charge in [-0.1, -0.05) is 12.1 Å². The Morgan fingerprint density at radius 2 is 1.88 bits per heavy atom. The van der Waals surface area contributed by atoms with Crippen LogP contribution in [0.3, 0.4) is 0 Å². The summed E-state index contributed by atoms with van der Waals surface area (Å²) in [4.78, 5) is 30.7. The van der Waals surface area contributed by atoms with Crippen molar-refractivity contribution in [3.63, 3.8) is 0 Å². The van der Waals surface area contributed by atoms with E-state index in [1.54, 1.807) is 52.1 Å². The molecule has 4 rings (SSSR count). The van der Waals surface area contributed by atoms with Crippen molar-refractivity contribution in [2.24, 2.45) is 5.92 Å². The van der Waals surface area contributed by atoms with Gasteiger partial charge in [0.15, 0.2) is 5.76 Å². The lowest BCUT2D eigenvalue weighted by molar-refractivity contribution is -0.0115. The van der Waals surface area contributed by atoms with Gasteiger partial charge in [0, 0.05) is 38.3 Å². The Morgan fingerprint density at radius 1 is 1.16 bits per heavy atom. The van der Waals surface area contributed by atoms with Gasteiger partial charge < -0.3 is 39.0 Å². The Hall–Kier alpha value is -4.34. The number of benzene rings is 2. The lowest BCUT2D eigenvalue weighted by atomic mass is 10.0. The van der Waals surface area contributed by atoms with E-state index in [2.05, 4.69) is 15.2 Å². The quantitative estimate of drug-likeness (QED) is 0.272. The predicted octanol–water partition coefficient (Wildman–Crippen LogP) is 5.06. The zero-order valence-corrected chi connectivity index (χ0v) is 30.6. The van der Waals surface area contributed by atoms with Crippen LogP contribution >= 0.6 is 0 Å². The van der Waals surface area contributed by atoms with Crippen LogP contribution in [0.2, 0.25) is 0 Å². The lowest BCUT2D eigenvalue weighted by Gasteiger charge is -2.35. The third kappa shape index (κ3) is 9.67. The molecule has 15 heteroatoms.